The second-order valence-corrected chi connectivity index (χ2v) is 11.7. The Morgan fingerprint density at radius 3 is 2.42 bits per heavy atom. The second kappa shape index (κ2) is 16.6. The van der Waals surface area contributed by atoms with Crippen LogP contribution in [0.15, 0.2) is 65.7 Å². The molecule has 6 N–H and O–H groups in total. The summed E-state index contributed by atoms with van der Waals surface area (Å²) < 4.78 is 17.3. The Kier molecular flexibility index (Phi) is 12.1. The Balaban J connectivity index is 1.16. The van der Waals surface area contributed by atoms with Gasteiger partial charge in [-0.2, -0.15) is 0 Å². The lowest BCUT2D eigenvalue weighted by atomic mass is 9.99. The Labute approximate surface area is 284 Å². The van der Waals surface area contributed by atoms with Crippen LogP contribution in [-0.2, 0) is 14.3 Å². The van der Waals surface area contributed by atoms with E-state index in [2.05, 4.69) is 33.3 Å². The summed E-state index contributed by atoms with van der Waals surface area (Å²) in [5, 5.41) is 25.1. The minimum Gasteiger partial charge on any atom is -0.504 e. The van der Waals surface area contributed by atoms with Gasteiger partial charge in [0.25, 0.3) is 5.91 Å². The fraction of sp³-hybridized carbons (Fsp3) is 0.382. The van der Waals surface area contributed by atoms with Crippen molar-refractivity contribution >= 4 is 34.8 Å². The van der Waals surface area contributed by atoms with E-state index in [0.717, 1.165) is 22.5 Å². The highest BCUT2D eigenvalue weighted by Crippen LogP contribution is 2.36. The van der Waals surface area contributed by atoms with Gasteiger partial charge in [-0.05, 0) is 62.4 Å². The van der Waals surface area contributed by atoms with Crippen LogP contribution in [-0.4, -0.2) is 92.2 Å². The molecular formula is C34H41ClN6O7. The van der Waals surface area contributed by atoms with Gasteiger partial charge in [0.15, 0.2) is 11.5 Å². The van der Waals surface area contributed by atoms with Crippen molar-refractivity contribution in [3.05, 3.63) is 82.4 Å². The highest BCUT2D eigenvalue weighted by Gasteiger charge is 2.40. The maximum atomic E-state index is 12.7. The Morgan fingerprint density at radius 2 is 1.67 bits per heavy atom. The summed E-state index contributed by atoms with van der Waals surface area (Å²) in [6, 6.07) is 16.9. The third-order valence-electron chi connectivity index (χ3n) is 7.84. The molecule has 256 valence electrons. The first-order valence-corrected chi connectivity index (χ1v) is 16.3. The predicted molar refractivity (Wildman–Crippen MR) is 182 cm³/mol. The van der Waals surface area contributed by atoms with Crippen LogP contribution in [0.3, 0.4) is 0 Å². The number of anilines is 1. The molecule has 0 aromatic heterocycles. The standard InChI is InChI=1S/C34H41ClN6O7/c1-3-36-31(44)20-27-33-40-39-21(2)41(33)28-10-9-25(19-26(28)32(38-27)22-4-7-24(35)8-5-22)48-17-16-47-15-14-46-13-12-37-34(45)23-6-11-29(42)30(43)18-23/h4-11,18-19,21,27,33,39-40,42-43H,3,12-17,20H2,1-2H3,(H,36,44)(H,37,45). The number of hydrogen-bond acceptors (Lipinski definition) is 11. The number of amides is 2. The summed E-state index contributed by atoms with van der Waals surface area (Å²) in [6.07, 6.45) is -0.0951. The molecule has 0 radical (unpaired) electrons. The van der Waals surface area contributed by atoms with E-state index in [0.29, 0.717) is 43.7 Å². The maximum absolute atomic E-state index is 12.7. The van der Waals surface area contributed by atoms with Crippen molar-refractivity contribution in [2.45, 2.75) is 38.6 Å². The third-order valence-corrected chi connectivity index (χ3v) is 8.09. The lowest BCUT2D eigenvalue weighted by molar-refractivity contribution is -0.121. The molecule has 2 aliphatic rings. The van der Waals surface area contributed by atoms with Crippen LogP contribution in [0.2, 0.25) is 5.02 Å². The van der Waals surface area contributed by atoms with Crippen molar-refractivity contribution in [1.82, 2.24) is 21.5 Å². The molecule has 0 saturated carbocycles. The highest BCUT2D eigenvalue weighted by atomic mass is 35.5. The summed E-state index contributed by atoms with van der Waals surface area (Å²) in [4.78, 5) is 32.2. The first-order chi connectivity index (χ1) is 23.2. The van der Waals surface area contributed by atoms with Gasteiger partial charge in [-0.25, -0.2) is 10.9 Å². The molecule has 0 aliphatic carbocycles. The normalized spacial score (nSPS) is 18.4. The van der Waals surface area contributed by atoms with Crippen LogP contribution in [0.1, 0.15) is 41.8 Å². The van der Waals surface area contributed by atoms with Gasteiger partial charge in [-0.15, -0.1) is 0 Å². The minimum atomic E-state index is -0.381. The van der Waals surface area contributed by atoms with Gasteiger partial charge in [-0.3, -0.25) is 14.6 Å². The molecule has 48 heavy (non-hydrogen) atoms. The van der Waals surface area contributed by atoms with Crippen LogP contribution in [0, 0.1) is 0 Å². The molecule has 2 amide bonds. The van der Waals surface area contributed by atoms with E-state index in [1.54, 1.807) is 0 Å². The molecule has 0 bridgehead atoms. The largest absolute Gasteiger partial charge is 0.504 e. The number of fused-ring (bicyclic) bond motifs is 3. The molecule has 0 spiro atoms. The zero-order valence-electron chi connectivity index (χ0n) is 26.9. The van der Waals surface area contributed by atoms with E-state index < -0.39 is 0 Å². The predicted octanol–water partition coefficient (Wildman–Crippen LogP) is 2.93. The van der Waals surface area contributed by atoms with Crippen molar-refractivity contribution in [2.24, 2.45) is 4.99 Å². The lowest BCUT2D eigenvalue weighted by Gasteiger charge is -2.31. The number of halogens is 1. The van der Waals surface area contributed by atoms with Crippen LogP contribution < -0.4 is 31.1 Å². The van der Waals surface area contributed by atoms with Gasteiger partial charge >= 0.3 is 0 Å². The summed E-state index contributed by atoms with van der Waals surface area (Å²) in [7, 11) is 0. The van der Waals surface area contributed by atoms with Gasteiger partial charge in [0.2, 0.25) is 5.91 Å². The highest BCUT2D eigenvalue weighted by molar-refractivity contribution is 6.30. The summed E-state index contributed by atoms with van der Waals surface area (Å²) >= 11 is 6.22. The molecule has 5 rings (SSSR count). The number of nitrogens with one attached hydrogen (secondary N) is 4. The number of benzene rings is 3. The first kappa shape index (κ1) is 34.9. The molecule has 14 heteroatoms. The Bertz CT molecular complexity index is 1610. The summed E-state index contributed by atoms with van der Waals surface area (Å²) in [6.45, 7) is 6.40. The summed E-state index contributed by atoms with van der Waals surface area (Å²) in [5.74, 6) is -0.437. The zero-order valence-corrected chi connectivity index (χ0v) is 27.6. The van der Waals surface area contributed by atoms with E-state index in [-0.39, 0.29) is 66.8 Å². The molecule has 2 aliphatic heterocycles. The van der Waals surface area contributed by atoms with E-state index in [9.17, 15) is 19.8 Å². The SMILES string of the molecule is CCNC(=O)CC1N=C(c2ccc(Cl)cc2)c2cc(OCCOCCOCCNC(=O)c3ccc(O)c(O)c3)ccc2N2C(C)NNC12. The molecule has 3 atom stereocenters. The summed E-state index contributed by atoms with van der Waals surface area (Å²) in [5.41, 5.74) is 10.3. The van der Waals surface area contributed by atoms with Gasteiger partial charge in [0.05, 0.1) is 50.8 Å². The maximum Gasteiger partial charge on any atom is 0.251 e. The number of hydrazine groups is 1. The van der Waals surface area contributed by atoms with Crippen molar-refractivity contribution in [2.75, 3.05) is 51.0 Å². The fourth-order valence-electron chi connectivity index (χ4n) is 5.55. The van der Waals surface area contributed by atoms with Crippen molar-refractivity contribution in [3.63, 3.8) is 0 Å². The van der Waals surface area contributed by atoms with Gasteiger partial charge < -0.3 is 40.0 Å². The molecule has 1 fully saturated rings. The number of aliphatic imine (C=N–C) groups is 1. The second-order valence-electron chi connectivity index (χ2n) is 11.2. The van der Waals surface area contributed by atoms with Gasteiger partial charge in [0.1, 0.15) is 18.5 Å². The number of aromatic hydroxyl groups is 2. The van der Waals surface area contributed by atoms with Crippen molar-refractivity contribution in [3.8, 4) is 17.2 Å². The van der Waals surface area contributed by atoms with Crippen LogP contribution in [0.5, 0.6) is 17.2 Å². The monoisotopic (exact) mass is 680 g/mol. The molecule has 3 unspecified atom stereocenters. The van der Waals surface area contributed by atoms with Gasteiger partial charge in [0, 0.05) is 40.5 Å². The number of phenols is 2. The average Bonchev–Trinajstić information content (AvgIpc) is 3.40. The number of hydrogen-bond donors (Lipinski definition) is 6. The third kappa shape index (κ3) is 8.74. The van der Waals surface area contributed by atoms with E-state index in [1.807, 2.05) is 49.4 Å². The quantitative estimate of drug-likeness (QED) is 0.104. The minimum absolute atomic E-state index is 0.0577. The number of carbonyl (C=O) groups excluding carboxylic acids is 2. The van der Waals surface area contributed by atoms with Crippen molar-refractivity contribution < 1.29 is 34.0 Å². The zero-order chi connectivity index (χ0) is 34.0. The van der Waals surface area contributed by atoms with Crippen LogP contribution in [0.25, 0.3) is 0 Å². The molecule has 3 aromatic rings. The van der Waals surface area contributed by atoms with E-state index in [4.69, 9.17) is 30.8 Å². The number of rotatable bonds is 15. The molecule has 2 heterocycles. The molecule has 1 saturated heterocycles. The van der Waals surface area contributed by atoms with E-state index in [1.165, 1.54) is 18.2 Å². The number of carbonyl (C=O) groups is 2. The first-order valence-electron chi connectivity index (χ1n) is 15.9. The Morgan fingerprint density at radius 1 is 0.917 bits per heavy atom. The lowest BCUT2D eigenvalue weighted by Crippen LogP contribution is -2.47. The number of nitrogens with zero attached hydrogens (tertiary/aromatic N) is 2. The fourth-order valence-corrected chi connectivity index (χ4v) is 5.68. The Hall–Kier alpha value is -4.40. The van der Waals surface area contributed by atoms with Crippen molar-refractivity contribution in [1.29, 1.82) is 0 Å². The van der Waals surface area contributed by atoms with Crippen LogP contribution in [0.4, 0.5) is 5.69 Å². The smallest absolute Gasteiger partial charge is 0.251 e. The molecule has 3 aromatic carbocycles. The van der Waals surface area contributed by atoms with Gasteiger partial charge in [-0.1, -0.05) is 23.7 Å². The molecule has 13 nitrogen and oxygen atoms in total. The van der Waals surface area contributed by atoms with E-state index >= 15 is 0 Å². The topological polar surface area (TPSA) is 166 Å². The number of ether oxygens (including phenoxy) is 3. The number of phenolic OH excluding ortho intramolecular Hbond substituents is 2. The average molecular weight is 681 g/mol. The molecular weight excluding hydrogens is 640 g/mol. The van der Waals surface area contributed by atoms with Crippen LogP contribution >= 0.6 is 11.6 Å².